The van der Waals surface area contributed by atoms with Gasteiger partial charge in [-0.25, -0.2) is 0 Å². The molecule has 0 unspecified atom stereocenters. The molecule has 0 amide bonds. The molecule has 0 aliphatic heterocycles. The SMILES string of the molecule is O=C(CCC/C=C\C[C@@H]1[C@@H](/C=C/[C@@H](O)COc2cccc(C(F)(F)F)c2)[C@H](O)C[C@@H]1O)OCCCCON(O)O. The summed E-state index contributed by atoms with van der Waals surface area (Å²) in [5, 5.41) is 47.4. The average molecular weight is 578 g/mol. The third kappa shape index (κ3) is 12.8. The van der Waals surface area contributed by atoms with Crippen molar-refractivity contribution in [3.8, 4) is 5.75 Å². The molecule has 226 valence electrons. The number of benzene rings is 1. The van der Waals surface area contributed by atoms with E-state index >= 15 is 0 Å². The van der Waals surface area contributed by atoms with Gasteiger partial charge in [0.05, 0.1) is 36.4 Å². The van der Waals surface area contributed by atoms with Crippen molar-refractivity contribution in [1.82, 2.24) is 5.39 Å². The van der Waals surface area contributed by atoms with Gasteiger partial charge >= 0.3 is 12.1 Å². The number of ether oxygens (including phenoxy) is 2. The summed E-state index contributed by atoms with van der Waals surface area (Å²) in [6.45, 7) is 0.00549. The van der Waals surface area contributed by atoms with Gasteiger partial charge in [-0.1, -0.05) is 30.4 Å². The van der Waals surface area contributed by atoms with Crippen LogP contribution in [0.1, 0.15) is 50.5 Å². The van der Waals surface area contributed by atoms with Gasteiger partial charge in [-0.2, -0.15) is 13.2 Å². The van der Waals surface area contributed by atoms with Crippen LogP contribution >= 0.6 is 0 Å². The second-order valence-electron chi connectivity index (χ2n) is 9.51. The molecule has 1 aromatic rings. The van der Waals surface area contributed by atoms with Crippen LogP contribution < -0.4 is 4.74 Å². The highest BCUT2D eigenvalue weighted by Gasteiger charge is 2.39. The number of hydrogen-bond donors (Lipinski definition) is 5. The smallest absolute Gasteiger partial charge is 0.416 e. The second-order valence-corrected chi connectivity index (χ2v) is 9.51. The Hall–Kier alpha value is -2.52. The van der Waals surface area contributed by atoms with Crippen LogP contribution in [0.15, 0.2) is 48.6 Å². The van der Waals surface area contributed by atoms with Gasteiger partial charge in [-0.3, -0.25) is 20.0 Å². The summed E-state index contributed by atoms with van der Waals surface area (Å²) in [4.78, 5) is 16.1. The summed E-state index contributed by atoms with van der Waals surface area (Å²) >= 11 is 0. The van der Waals surface area contributed by atoms with E-state index in [0.717, 1.165) is 12.1 Å². The van der Waals surface area contributed by atoms with Gasteiger partial charge in [0.15, 0.2) is 0 Å². The summed E-state index contributed by atoms with van der Waals surface area (Å²) in [5.74, 6) is -1.09. The van der Waals surface area contributed by atoms with Crippen molar-refractivity contribution in [3.63, 3.8) is 0 Å². The van der Waals surface area contributed by atoms with Crippen molar-refractivity contribution in [3.05, 3.63) is 54.1 Å². The van der Waals surface area contributed by atoms with E-state index < -0.39 is 36.0 Å². The number of aliphatic hydroxyl groups is 3. The summed E-state index contributed by atoms with van der Waals surface area (Å²) < 4.78 is 48.9. The Kier molecular flexibility index (Phi) is 14.6. The highest BCUT2D eigenvalue weighted by atomic mass is 19.4. The number of allylic oxidation sites excluding steroid dienone is 2. The van der Waals surface area contributed by atoms with Crippen molar-refractivity contribution in [2.45, 2.75) is 69.4 Å². The fourth-order valence-corrected chi connectivity index (χ4v) is 4.31. The second kappa shape index (κ2) is 17.3. The molecule has 1 fully saturated rings. The molecule has 2 rings (SSSR count). The van der Waals surface area contributed by atoms with Crippen molar-refractivity contribution in [2.24, 2.45) is 11.8 Å². The van der Waals surface area contributed by atoms with E-state index in [1.807, 2.05) is 12.2 Å². The molecule has 0 heterocycles. The minimum Gasteiger partial charge on any atom is -0.491 e. The Morgan fingerprint density at radius 2 is 1.85 bits per heavy atom. The van der Waals surface area contributed by atoms with E-state index in [1.54, 1.807) is 6.08 Å². The lowest BCUT2D eigenvalue weighted by atomic mass is 9.89. The molecule has 0 spiro atoms. The number of unbranched alkanes of at least 4 members (excludes halogenated alkanes) is 2. The Bertz CT molecular complexity index is 942. The molecule has 13 heteroatoms. The Labute approximate surface area is 230 Å². The normalized spacial score (nSPS) is 22.4. The van der Waals surface area contributed by atoms with Gasteiger partial charge in [-0.15, -0.1) is 0 Å². The molecule has 5 N–H and O–H groups in total. The number of rotatable bonds is 17. The standard InChI is InChI=1S/C27H38F3NO9/c28-27(29,30)19-8-7-9-21(16-19)39-18-20(32)12-13-23-22(24(33)17-25(23)34)10-3-1-2-4-11-26(35)38-14-5-6-15-40-31(36)37/h1,3,7-9,12-13,16,20,22-25,32-34,36-37H,2,4-6,10-11,14-15,17-18H2/b3-1-,13-12+/t20-,22-,23-,24+,25-/m1/s1. The Balaban J connectivity index is 1.70. The average Bonchev–Trinajstić information content (AvgIpc) is 3.16. The first-order valence-electron chi connectivity index (χ1n) is 13.1. The largest absolute Gasteiger partial charge is 0.491 e. The van der Waals surface area contributed by atoms with Gasteiger partial charge in [0, 0.05) is 18.8 Å². The van der Waals surface area contributed by atoms with Crippen LogP contribution in [-0.2, 0) is 20.5 Å². The zero-order valence-corrected chi connectivity index (χ0v) is 22.0. The molecule has 0 radical (unpaired) electrons. The summed E-state index contributed by atoms with van der Waals surface area (Å²) in [5.41, 5.74) is -0.854. The lowest BCUT2D eigenvalue weighted by molar-refractivity contribution is -0.492. The third-order valence-electron chi connectivity index (χ3n) is 6.39. The monoisotopic (exact) mass is 577 g/mol. The van der Waals surface area contributed by atoms with Gasteiger partial charge < -0.3 is 24.8 Å². The van der Waals surface area contributed by atoms with E-state index in [0.29, 0.717) is 32.1 Å². The van der Waals surface area contributed by atoms with Crippen molar-refractivity contribution < 1.29 is 58.0 Å². The van der Waals surface area contributed by atoms with Gasteiger partial charge in [0.1, 0.15) is 18.5 Å². The highest BCUT2D eigenvalue weighted by molar-refractivity contribution is 5.69. The quantitative estimate of drug-likeness (QED) is 0.0801. The fraction of sp³-hybridized carbons (Fsp3) is 0.593. The van der Waals surface area contributed by atoms with Crippen LogP contribution in [-0.4, -0.2) is 75.2 Å². The lowest BCUT2D eigenvalue weighted by Crippen LogP contribution is -2.21. The maximum absolute atomic E-state index is 12.8. The number of nitrogens with zero attached hydrogens (tertiary/aromatic N) is 1. The van der Waals surface area contributed by atoms with Crippen molar-refractivity contribution >= 4 is 5.97 Å². The molecular weight excluding hydrogens is 539 g/mol. The van der Waals surface area contributed by atoms with E-state index in [4.69, 9.17) is 19.9 Å². The summed E-state index contributed by atoms with van der Waals surface area (Å²) in [6, 6.07) is 4.35. The predicted octanol–water partition coefficient (Wildman–Crippen LogP) is 3.81. The zero-order valence-electron chi connectivity index (χ0n) is 22.0. The van der Waals surface area contributed by atoms with Gasteiger partial charge in [0.2, 0.25) is 0 Å². The molecule has 40 heavy (non-hydrogen) atoms. The van der Waals surface area contributed by atoms with Crippen LogP contribution in [0.25, 0.3) is 0 Å². The topological polar surface area (TPSA) is 149 Å². The summed E-state index contributed by atoms with van der Waals surface area (Å²) in [7, 11) is 0. The molecule has 0 saturated heterocycles. The first kappa shape index (κ1) is 33.7. The first-order chi connectivity index (χ1) is 19.0. The number of carbonyl (C=O) groups excluding carboxylic acids is 1. The highest BCUT2D eigenvalue weighted by Crippen LogP contribution is 2.36. The number of hydrogen-bond acceptors (Lipinski definition) is 10. The maximum atomic E-state index is 12.8. The third-order valence-corrected chi connectivity index (χ3v) is 6.39. The summed E-state index contributed by atoms with van der Waals surface area (Å²) in [6.07, 6.45) is 2.65. The van der Waals surface area contributed by atoms with Gasteiger partial charge in [0.25, 0.3) is 0 Å². The fourth-order valence-electron chi connectivity index (χ4n) is 4.31. The van der Waals surface area contributed by atoms with Crippen molar-refractivity contribution in [2.75, 3.05) is 19.8 Å². The Morgan fingerprint density at radius 3 is 2.58 bits per heavy atom. The van der Waals surface area contributed by atoms with Crippen LogP contribution in [0.5, 0.6) is 5.75 Å². The van der Waals surface area contributed by atoms with Crippen LogP contribution in [0.2, 0.25) is 0 Å². The van der Waals surface area contributed by atoms with Crippen LogP contribution in [0, 0.1) is 11.8 Å². The number of esters is 1. The molecule has 10 nitrogen and oxygen atoms in total. The number of aliphatic hydroxyl groups excluding tert-OH is 3. The van der Waals surface area contributed by atoms with Crippen LogP contribution in [0.3, 0.4) is 0 Å². The molecule has 0 bridgehead atoms. The van der Waals surface area contributed by atoms with Gasteiger partial charge in [-0.05, 0) is 56.2 Å². The van der Waals surface area contributed by atoms with Crippen LogP contribution in [0.4, 0.5) is 13.2 Å². The molecule has 1 aliphatic rings. The minimum absolute atomic E-state index is 0.0285. The number of carbonyl (C=O) groups is 1. The van der Waals surface area contributed by atoms with E-state index in [-0.39, 0.29) is 55.7 Å². The molecule has 1 saturated carbocycles. The zero-order chi connectivity index (χ0) is 29.5. The maximum Gasteiger partial charge on any atom is 0.416 e. The van der Waals surface area contributed by atoms with E-state index in [2.05, 4.69) is 4.84 Å². The lowest BCUT2D eigenvalue weighted by Gasteiger charge is -2.19. The molecule has 1 aromatic carbocycles. The van der Waals surface area contributed by atoms with Crippen molar-refractivity contribution in [1.29, 1.82) is 0 Å². The first-order valence-corrected chi connectivity index (χ1v) is 13.1. The molecule has 5 atom stereocenters. The number of alkyl halides is 3. The molecular formula is C27H38F3NO9. The molecule has 1 aliphatic carbocycles. The van der Waals surface area contributed by atoms with E-state index in [1.165, 1.54) is 18.2 Å². The Morgan fingerprint density at radius 1 is 1.10 bits per heavy atom. The number of halogens is 3. The van der Waals surface area contributed by atoms with E-state index in [9.17, 15) is 33.3 Å². The molecule has 0 aromatic heterocycles. The predicted molar refractivity (Wildman–Crippen MR) is 135 cm³/mol. The minimum atomic E-state index is -4.50.